The van der Waals surface area contributed by atoms with Gasteiger partial charge in [-0.05, 0) is 25.5 Å². The zero-order valence-corrected chi connectivity index (χ0v) is 15.7. The molecule has 1 atom stereocenters. The Morgan fingerprint density at radius 3 is 2.60 bits per heavy atom. The molecule has 0 aromatic carbocycles. The number of hydrogen-bond donors (Lipinski definition) is 0. The van der Waals surface area contributed by atoms with E-state index < -0.39 is 0 Å². The molecule has 2 aromatic heterocycles. The lowest BCUT2D eigenvalue weighted by atomic mass is 9.98. The lowest BCUT2D eigenvalue weighted by molar-refractivity contribution is 0.137. The molecule has 0 spiro atoms. The first kappa shape index (κ1) is 17.7. The topological polar surface area (TPSA) is 58.0 Å². The maximum atomic E-state index is 4.77. The van der Waals surface area contributed by atoms with Crippen molar-refractivity contribution >= 4 is 5.95 Å². The SMILES string of the molecule is CC(C)c1ncc(CN2CCCCC2c2ccnc(N(C)C)n2)cn1. The molecule has 6 nitrogen and oxygen atoms in total. The molecule has 134 valence electrons. The maximum absolute atomic E-state index is 4.77. The molecule has 0 aliphatic carbocycles. The average Bonchev–Trinajstić information content (AvgIpc) is 2.63. The van der Waals surface area contributed by atoms with Crippen molar-refractivity contribution in [3.8, 4) is 0 Å². The molecule has 1 aliphatic heterocycles. The fourth-order valence-corrected chi connectivity index (χ4v) is 3.26. The summed E-state index contributed by atoms with van der Waals surface area (Å²) in [6, 6.07) is 2.38. The Hall–Kier alpha value is -2.08. The minimum Gasteiger partial charge on any atom is -0.347 e. The zero-order chi connectivity index (χ0) is 17.8. The normalized spacial score (nSPS) is 18.5. The predicted molar refractivity (Wildman–Crippen MR) is 99.5 cm³/mol. The fourth-order valence-electron chi connectivity index (χ4n) is 3.26. The molecule has 1 aliphatic rings. The van der Waals surface area contributed by atoms with Crippen molar-refractivity contribution in [2.24, 2.45) is 0 Å². The third-order valence-corrected chi connectivity index (χ3v) is 4.65. The van der Waals surface area contributed by atoms with Crippen LogP contribution in [0.3, 0.4) is 0 Å². The van der Waals surface area contributed by atoms with E-state index in [9.17, 15) is 0 Å². The molecule has 1 unspecified atom stereocenters. The third-order valence-electron chi connectivity index (χ3n) is 4.65. The Bertz CT molecular complexity index is 683. The lowest BCUT2D eigenvalue weighted by Gasteiger charge is -2.35. The van der Waals surface area contributed by atoms with Crippen molar-refractivity contribution in [1.82, 2.24) is 24.8 Å². The van der Waals surface area contributed by atoms with Crippen LogP contribution >= 0.6 is 0 Å². The summed E-state index contributed by atoms with van der Waals surface area (Å²) in [5, 5.41) is 0. The van der Waals surface area contributed by atoms with Crippen molar-refractivity contribution < 1.29 is 0 Å². The van der Waals surface area contributed by atoms with Crippen molar-refractivity contribution in [3.05, 3.63) is 41.7 Å². The number of aromatic nitrogens is 4. The second kappa shape index (κ2) is 7.87. The second-order valence-electron chi connectivity index (χ2n) is 7.26. The lowest BCUT2D eigenvalue weighted by Crippen LogP contribution is -2.33. The summed E-state index contributed by atoms with van der Waals surface area (Å²) in [4.78, 5) is 22.6. The summed E-state index contributed by atoms with van der Waals surface area (Å²) in [5.74, 6) is 2.04. The monoisotopic (exact) mass is 340 g/mol. The van der Waals surface area contributed by atoms with Crippen LogP contribution < -0.4 is 4.90 Å². The van der Waals surface area contributed by atoms with Crippen LogP contribution in [-0.2, 0) is 6.54 Å². The van der Waals surface area contributed by atoms with Gasteiger partial charge in [0.15, 0.2) is 0 Å². The van der Waals surface area contributed by atoms with Crippen LogP contribution in [0.4, 0.5) is 5.95 Å². The van der Waals surface area contributed by atoms with E-state index in [1.165, 1.54) is 12.8 Å². The van der Waals surface area contributed by atoms with E-state index in [0.717, 1.165) is 42.5 Å². The van der Waals surface area contributed by atoms with Gasteiger partial charge in [-0.25, -0.2) is 19.9 Å². The smallest absolute Gasteiger partial charge is 0.225 e. The van der Waals surface area contributed by atoms with Crippen LogP contribution in [0.1, 0.15) is 62.2 Å². The van der Waals surface area contributed by atoms with E-state index in [1.807, 2.05) is 43.7 Å². The van der Waals surface area contributed by atoms with Crippen LogP contribution in [-0.4, -0.2) is 45.5 Å². The van der Waals surface area contributed by atoms with Gasteiger partial charge < -0.3 is 4.90 Å². The summed E-state index contributed by atoms with van der Waals surface area (Å²) in [6.45, 7) is 6.18. The molecule has 2 aromatic rings. The number of nitrogens with zero attached hydrogens (tertiary/aromatic N) is 6. The van der Waals surface area contributed by atoms with Gasteiger partial charge in [0, 0.05) is 50.7 Å². The largest absolute Gasteiger partial charge is 0.347 e. The molecule has 0 bridgehead atoms. The van der Waals surface area contributed by atoms with E-state index in [0.29, 0.717) is 12.0 Å². The molecule has 25 heavy (non-hydrogen) atoms. The van der Waals surface area contributed by atoms with E-state index in [4.69, 9.17) is 4.98 Å². The van der Waals surface area contributed by atoms with E-state index >= 15 is 0 Å². The molecule has 3 heterocycles. The van der Waals surface area contributed by atoms with E-state index in [-0.39, 0.29) is 0 Å². The Morgan fingerprint density at radius 1 is 1.16 bits per heavy atom. The Morgan fingerprint density at radius 2 is 1.92 bits per heavy atom. The van der Waals surface area contributed by atoms with E-state index in [1.54, 1.807) is 0 Å². The van der Waals surface area contributed by atoms with Gasteiger partial charge in [0.2, 0.25) is 5.95 Å². The number of rotatable bonds is 5. The van der Waals surface area contributed by atoms with Crippen LogP contribution in [0.25, 0.3) is 0 Å². The molecule has 0 amide bonds. The van der Waals surface area contributed by atoms with Gasteiger partial charge in [0.25, 0.3) is 0 Å². The summed E-state index contributed by atoms with van der Waals surface area (Å²) >= 11 is 0. The molecule has 1 saturated heterocycles. The van der Waals surface area contributed by atoms with Gasteiger partial charge in [-0.1, -0.05) is 20.3 Å². The first-order valence-corrected chi connectivity index (χ1v) is 9.09. The quantitative estimate of drug-likeness (QED) is 0.833. The predicted octanol–water partition coefficient (Wildman–Crippen LogP) is 3.18. The fraction of sp³-hybridized carbons (Fsp3) is 0.579. The second-order valence-corrected chi connectivity index (χ2v) is 7.26. The van der Waals surface area contributed by atoms with Crippen LogP contribution in [0.15, 0.2) is 24.7 Å². The Labute approximate surface area is 150 Å². The highest BCUT2D eigenvalue weighted by molar-refractivity contribution is 5.28. The molecular formula is C19H28N6. The minimum atomic E-state index is 0.334. The first-order valence-electron chi connectivity index (χ1n) is 9.09. The molecule has 6 heteroatoms. The van der Waals surface area contributed by atoms with Gasteiger partial charge in [-0.2, -0.15) is 0 Å². The van der Waals surface area contributed by atoms with E-state index in [2.05, 4.69) is 33.7 Å². The molecule has 0 N–H and O–H groups in total. The first-order chi connectivity index (χ1) is 12.0. The van der Waals surface area contributed by atoms with Crippen molar-refractivity contribution in [1.29, 1.82) is 0 Å². The number of hydrogen-bond acceptors (Lipinski definition) is 6. The Kier molecular flexibility index (Phi) is 5.58. The number of anilines is 1. The average molecular weight is 340 g/mol. The van der Waals surface area contributed by atoms with Crippen molar-refractivity contribution in [2.75, 3.05) is 25.5 Å². The molecule has 0 saturated carbocycles. The Balaban J connectivity index is 1.78. The molecule has 0 radical (unpaired) electrons. The standard InChI is InChI=1S/C19H28N6/c1-14(2)18-21-11-15(12-22-18)13-25-10-6-5-7-17(25)16-8-9-20-19(23-16)24(3)4/h8-9,11-12,14,17H,5-7,10,13H2,1-4H3. The van der Waals surface area contributed by atoms with Crippen LogP contribution in [0.2, 0.25) is 0 Å². The van der Waals surface area contributed by atoms with Crippen molar-refractivity contribution in [2.45, 2.75) is 51.6 Å². The minimum absolute atomic E-state index is 0.334. The highest BCUT2D eigenvalue weighted by Crippen LogP contribution is 2.31. The van der Waals surface area contributed by atoms with Gasteiger partial charge in [-0.15, -0.1) is 0 Å². The van der Waals surface area contributed by atoms with Crippen LogP contribution in [0, 0.1) is 0 Å². The summed E-state index contributed by atoms with van der Waals surface area (Å²) in [7, 11) is 3.96. The molecule has 1 fully saturated rings. The molecule has 3 rings (SSSR count). The number of piperidine rings is 1. The third kappa shape index (κ3) is 4.31. The summed E-state index contributed by atoms with van der Waals surface area (Å²) in [5.41, 5.74) is 2.27. The maximum Gasteiger partial charge on any atom is 0.225 e. The zero-order valence-electron chi connectivity index (χ0n) is 15.7. The summed E-state index contributed by atoms with van der Waals surface area (Å²) < 4.78 is 0. The summed E-state index contributed by atoms with van der Waals surface area (Å²) in [6.07, 6.45) is 9.41. The highest BCUT2D eigenvalue weighted by atomic mass is 15.2. The van der Waals surface area contributed by atoms with Crippen LogP contribution in [0.5, 0.6) is 0 Å². The van der Waals surface area contributed by atoms with Gasteiger partial charge in [0.05, 0.1) is 11.7 Å². The highest BCUT2D eigenvalue weighted by Gasteiger charge is 2.25. The number of likely N-dealkylation sites (tertiary alicyclic amines) is 1. The van der Waals surface area contributed by atoms with Gasteiger partial charge in [0.1, 0.15) is 5.82 Å². The van der Waals surface area contributed by atoms with Gasteiger partial charge >= 0.3 is 0 Å². The van der Waals surface area contributed by atoms with Crippen molar-refractivity contribution in [3.63, 3.8) is 0 Å². The molecular weight excluding hydrogens is 312 g/mol. The van der Waals surface area contributed by atoms with Gasteiger partial charge in [-0.3, -0.25) is 4.90 Å².